The molecule has 5 atom stereocenters. The third kappa shape index (κ3) is 11.4. The second kappa shape index (κ2) is 17.5. The van der Waals surface area contributed by atoms with Crippen LogP contribution in [-0.4, -0.2) is 63.3 Å². The van der Waals surface area contributed by atoms with Crippen LogP contribution < -0.4 is 16.0 Å². The molecule has 0 radical (unpaired) electrons. The number of amides is 3. The van der Waals surface area contributed by atoms with Gasteiger partial charge in [-0.25, -0.2) is 8.78 Å². The summed E-state index contributed by atoms with van der Waals surface area (Å²) in [6.45, 7) is 6.91. The van der Waals surface area contributed by atoms with Crippen LogP contribution in [0.25, 0.3) is 0 Å². The molecule has 232 valence electrons. The van der Waals surface area contributed by atoms with Gasteiger partial charge in [0, 0.05) is 25.4 Å². The van der Waals surface area contributed by atoms with E-state index in [1.54, 1.807) is 12.1 Å². The highest BCUT2D eigenvalue weighted by Gasteiger charge is 2.34. The molecule has 2 aromatic rings. The van der Waals surface area contributed by atoms with E-state index in [-0.39, 0.29) is 17.5 Å². The summed E-state index contributed by atoms with van der Waals surface area (Å²) in [4.78, 5) is 42.2. The number of rotatable bonds is 17. The summed E-state index contributed by atoms with van der Waals surface area (Å²) in [5.41, 5.74) is 0.401. The van der Waals surface area contributed by atoms with Crippen LogP contribution in [0.4, 0.5) is 8.78 Å². The SMILES string of the molecule is CCCC(CCC)CC[C@@H](NC(=O)c1cccnc1)C(=O)N[C@H](Cc1cc(F)cc(F)c1)[C@@H](O)[C@H](O)[C@H](C)NC(C)=O. The second-order valence-corrected chi connectivity index (χ2v) is 10.9. The van der Waals surface area contributed by atoms with Crippen molar-refractivity contribution in [3.05, 3.63) is 65.5 Å². The number of aliphatic hydroxyl groups excluding tert-OH is 2. The molecule has 0 unspecified atom stereocenters. The van der Waals surface area contributed by atoms with Gasteiger partial charge in [0.05, 0.1) is 17.6 Å². The van der Waals surface area contributed by atoms with E-state index in [0.29, 0.717) is 24.8 Å². The summed E-state index contributed by atoms with van der Waals surface area (Å²) in [5.74, 6) is -2.89. The number of hydrogen-bond acceptors (Lipinski definition) is 6. The lowest BCUT2D eigenvalue weighted by Crippen LogP contribution is -2.58. The predicted molar refractivity (Wildman–Crippen MR) is 155 cm³/mol. The van der Waals surface area contributed by atoms with Gasteiger partial charge >= 0.3 is 0 Å². The minimum Gasteiger partial charge on any atom is -0.388 e. The van der Waals surface area contributed by atoms with Crippen LogP contribution in [0, 0.1) is 17.6 Å². The molecule has 0 aliphatic rings. The van der Waals surface area contributed by atoms with E-state index in [4.69, 9.17) is 0 Å². The first-order chi connectivity index (χ1) is 19.9. The molecule has 1 aromatic heterocycles. The first-order valence-electron chi connectivity index (χ1n) is 14.5. The van der Waals surface area contributed by atoms with Crippen molar-refractivity contribution < 1.29 is 33.4 Å². The van der Waals surface area contributed by atoms with Gasteiger partial charge in [0.15, 0.2) is 0 Å². The fourth-order valence-corrected chi connectivity index (χ4v) is 5.12. The number of nitrogens with zero attached hydrogens (tertiary/aromatic N) is 1. The Labute approximate surface area is 246 Å². The minimum absolute atomic E-state index is 0.137. The molecule has 1 aromatic carbocycles. The molecule has 3 amide bonds. The Kier molecular flexibility index (Phi) is 14.5. The minimum atomic E-state index is -1.63. The highest BCUT2D eigenvalue weighted by Crippen LogP contribution is 2.21. The maximum absolute atomic E-state index is 14.0. The quantitative estimate of drug-likeness (QED) is 0.191. The monoisotopic (exact) mass is 590 g/mol. The number of aliphatic hydroxyl groups is 2. The molecule has 11 heteroatoms. The van der Waals surface area contributed by atoms with E-state index >= 15 is 0 Å². The molecule has 0 aliphatic heterocycles. The highest BCUT2D eigenvalue weighted by atomic mass is 19.1. The first-order valence-corrected chi connectivity index (χ1v) is 14.5. The molecule has 0 spiro atoms. The van der Waals surface area contributed by atoms with Gasteiger partial charge in [0.1, 0.15) is 29.9 Å². The normalized spacial score (nSPS) is 14.9. The van der Waals surface area contributed by atoms with Crippen molar-refractivity contribution in [2.24, 2.45) is 5.92 Å². The van der Waals surface area contributed by atoms with Gasteiger partial charge in [-0.15, -0.1) is 0 Å². The van der Waals surface area contributed by atoms with Crippen molar-refractivity contribution in [3.63, 3.8) is 0 Å². The molecule has 5 N–H and O–H groups in total. The lowest BCUT2D eigenvalue weighted by molar-refractivity contribution is -0.127. The number of pyridine rings is 1. The van der Waals surface area contributed by atoms with Crippen LogP contribution in [0.1, 0.15) is 82.1 Å². The Balaban J connectivity index is 2.35. The molecule has 0 saturated carbocycles. The average Bonchev–Trinajstić information content (AvgIpc) is 2.93. The molecule has 9 nitrogen and oxygen atoms in total. The van der Waals surface area contributed by atoms with Crippen LogP contribution in [0.15, 0.2) is 42.7 Å². The summed E-state index contributed by atoms with van der Waals surface area (Å²) < 4.78 is 27.9. The zero-order valence-corrected chi connectivity index (χ0v) is 24.8. The molecule has 0 saturated heterocycles. The smallest absolute Gasteiger partial charge is 0.253 e. The number of carbonyl (C=O) groups excluding carboxylic acids is 3. The zero-order valence-electron chi connectivity index (χ0n) is 24.8. The van der Waals surface area contributed by atoms with Gasteiger partial charge < -0.3 is 26.2 Å². The van der Waals surface area contributed by atoms with E-state index in [1.807, 2.05) is 0 Å². The Morgan fingerprint density at radius 2 is 1.55 bits per heavy atom. The van der Waals surface area contributed by atoms with Crippen molar-refractivity contribution >= 4 is 17.7 Å². The zero-order chi connectivity index (χ0) is 31.2. The lowest BCUT2D eigenvalue weighted by Gasteiger charge is -2.32. The van der Waals surface area contributed by atoms with Gasteiger partial charge in [0.25, 0.3) is 5.91 Å². The van der Waals surface area contributed by atoms with Gasteiger partial charge in [0.2, 0.25) is 11.8 Å². The second-order valence-electron chi connectivity index (χ2n) is 10.9. The number of aromatic nitrogens is 1. The van der Waals surface area contributed by atoms with Gasteiger partial charge in [-0.1, -0.05) is 39.5 Å². The molecule has 2 rings (SSSR count). The fraction of sp³-hybridized carbons (Fsp3) is 0.548. The van der Waals surface area contributed by atoms with Crippen molar-refractivity contribution in [2.45, 2.75) is 103 Å². The van der Waals surface area contributed by atoms with Crippen LogP contribution in [0.5, 0.6) is 0 Å². The Hall–Kier alpha value is -3.44. The third-order valence-electron chi connectivity index (χ3n) is 7.21. The summed E-state index contributed by atoms with van der Waals surface area (Å²) in [6, 6.07) is 2.90. The van der Waals surface area contributed by atoms with Gasteiger partial charge in [-0.3, -0.25) is 19.4 Å². The topological polar surface area (TPSA) is 141 Å². The van der Waals surface area contributed by atoms with Crippen LogP contribution in [-0.2, 0) is 16.0 Å². The van der Waals surface area contributed by atoms with Crippen LogP contribution >= 0.6 is 0 Å². The van der Waals surface area contributed by atoms with Crippen molar-refractivity contribution in [3.8, 4) is 0 Å². The maximum atomic E-state index is 14.0. The largest absolute Gasteiger partial charge is 0.388 e. The van der Waals surface area contributed by atoms with E-state index in [1.165, 1.54) is 26.2 Å². The Morgan fingerprint density at radius 3 is 2.10 bits per heavy atom. The van der Waals surface area contributed by atoms with Gasteiger partial charge in [-0.2, -0.15) is 0 Å². The highest BCUT2D eigenvalue weighted by molar-refractivity contribution is 5.97. The number of halogens is 2. The lowest BCUT2D eigenvalue weighted by atomic mass is 9.90. The van der Waals surface area contributed by atoms with E-state index in [0.717, 1.165) is 37.8 Å². The summed E-state index contributed by atoms with van der Waals surface area (Å²) in [5, 5.41) is 29.9. The molecule has 0 aliphatic carbocycles. The fourth-order valence-electron chi connectivity index (χ4n) is 5.12. The Morgan fingerprint density at radius 1 is 0.905 bits per heavy atom. The average molecular weight is 591 g/mol. The number of hydrogen-bond donors (Lipinski definition) is 5. The van der Waals surface area contributed by atoms with Crippen LogP contribution in [0.3, 0.4) is 0 Å². The molecular formula is C31H44F2N4O5. The molecule has 42 heavy (non-hydrogen) atoms. The maximum Gasteiger partial charge on any atom is 0.253 e. The predicted octanol–water partition coefficient (Wildman–Crippen LogP) is 3.43. The van der Waals surface area contributed by atoms with E-state index in [9.17, 15) is 33.4 Å². The van der Waals surface area contributed by atoms with Crippen molar-refractivity contribution in [1.82, 2.24) is 20.9 Å². The van der Waals surface area contributed by atoms with Gasteiger partial charge in [-0.05, 0) is 61.9 Å². The first kappa shape index (κ1) is 34.8. The van der Waals surface area contributed by atoms with Crippen LogP contribution in [0.2, 0.25) is 0 Å². The molecular weight excluding hydrogens is 546 g/mol. The number of carbonyl (C=O) groups is 3. The molecule has 0 bridgehead atoms. The number of nitrogens with one attached hydrogen (secondary N) is 3. The summed E-state index contributed by atoms with van der Waals surface area (Å²) in [7, 11) is 0. The standard InChI is InChI=1S/C31H44F2N4O5/c1-5-8-21(9-6-2)11-12-26(36-30(41)23-10-7-13-34-18-23)31(42)37-27(16-22-14-24(32)17-25(33)15-22)29(40)28(39)19(3)35-20(4)38/h7,10,13-15,17-19,21,26-29,39-40H,5-6,8-9,11-12,16H2,1-4H3,(H,35,38)(H,36,41)(H,37,42)/t19-,26+,27+,28+,29+/m0/s1. The number of benzene rings is 1. The van der Waals surface area contributed by atoms with Crippen molar-refractivity contribution in [1.29, 1.82) is 0 Å². The Bertz CT molecular complexity index is 1130. The van der Waals surface area contributed by atoms with Crippen molar-refractivity contribution in [2.75, 3.05) is 0 Å². The third-order valence-corrected chi connectivity index (χ3v) is 7.21. The summed E-state index contributed by atoms with van der Waals surface area (Å²) >= 11 is 0. The summed E-state index contributed by atoms with van der Waals surface area (Å²) in [6.07, 6.45) is 4.38. The van der Waals surface area contributed by atoms with E-state index < -0.39 is 59.7 Å². The molecule has 1 heterocycles. The molecule has 0 fully saturated rings. The van der Waals surface area contributed by atoms with E-state index in [2.05, 4.69) is 34.8 Å².